The second-order valence-electron chi connectivity index (χ2n) is 7.72. The molecule has 0 saturated carbocycles. The zero-order valence-corrected chi connectivity index (χ0v) is 20.5. The Morgan fingerprint density at radius 2 is 1.97 bits per heavy atom. The maximum atomic E-state index is 12.7. The van der Waals surface area contributed by atoms with Crippen LogP contribution < -0.4 is 4.74 Å². The van der Waals surface area contributed by atoms with Gasteiger partial charge in [0.05, 0.1) is 20.0 Å². The molecule has 1 aliphatic rings. The second-order valence-corrected chi connectivity index (χ2v) is 9.32. The van der Waals surface area contributed by atoms with Crippen molar-refractivity contribution in [1.29, 1.82) is 0 Å². The van der Waals surface area contributed by atoms with Crippen LogP contribution in [0.15, 0.2) is 60.2 Å². The Morgan fingerprint density at radius 1 is 1.21 bits per heavy atom. The first-order valence-electron chi connectivity index (χ1n) is 10.6. The SMILES string of the molecule is COC(=O)C(c1ccccc1Cl)N1CCC(SCC(=O)c2cccc(OC)c2)/C(=C\C(=O)O)C1. The van der Waals surface area contributed by atoms with Crippen LogP contribution in [0.2, 0.25) is 5.02 Å². The van der Waals surface area contributed by atoms with E-state index in [-0.39, 0.29) is 23.3 Å². The van der Waals surface area contributed by atoms with E-state index < -0.39 is 18.0 Å². The number of thioether (sulfide) groups is 1. The van der Waals surface area contributed by atoms with Crippen molar-refractivity contribution in [3.8, 4) is 5.75 Å². The van der Waals surface area contributed by atoms with Gasteiger partial charge in [0.1, 0.15) is 11.8 Å². The minimum absolute atomic E-state index is 0.0653. The number of aliphatic carboxylic acids is 1. The molecule has 0 aliphatic carbocycles. The molecule has 2 aromatic carbocycles. The lowest BCUT2D eigenvalue weighted by Crippen LogP contribution is -2.43. The molecule has 0 radical (unpaired) electrons. The van der Waals surface area contributed by atoms with E-state index >= 15 is 0 Å². The van der Waals surface area contributed by atoms with E-state index in [1.54, 1.807) is 55.6 Å². The van der Waals surface area contributed by atoms with Crippen LogP contribution >= 0.6 is 23.4 Å². The Kier molecular flexibility index (Phi) is 9.15. The van der Waals surface area contributed by atoms with Gasteiger partial charge < -0.3 is 14.6 Å². The van der Waals surface area contributed by atoms with E-state index in [0.29, 0.717) is 40.4 Å². The standard InChI is InChI=1S/C25H26ClNO6S/c1-32-18-7-5-6-16(12-18)21(28)15-34-22-10-11-27(14-17(22)13-23(29)30)24(25(31)33-2)19-8-3-4-9-20(19)26/h3-9,12-13,22,24H,10-11,14-15H2,1-2H3,(H,29,30)/b17-13-. The summed E-state index contributed by atoms with van der Waals surface area (Å²) in [5, 5.41) is 9.70. The highest BCUT2D eigenvalue weighted by Gasteiger charge is 2.35. The quantitative estimate of drug-likeness (QED) is 0.308. The van der Waals surface area contributed by atoms with Crippen molar-refractivity contribution in [3.05, 3.63) is 76.3 Å². The molecule has 7 nitrogen and oxygen atoms in total. The Hall–Kier alpha value is -2.81. The maximum absolute atomic E-state index is 12.7. The van der Waals surface area contributed by atoms with Crippen LogP contribution in [-0.4, -0.2) is 66.0 Å². The Balaban J connectivity index is 1.77. The molecule has 0 amide bonds. The van der Waals surface area contributed by atoms with Crippen LogP contribution in [0, 0.1) is 0 Å². The molecule has 34 heavy (non-hydrogen) atoms. The van der Waals surface area contributed by atoms with Gasteiger partial charge in [0.25, 0.3) is 0 Å². The largest absolute Gasteiger partial charge is 0.497 e. The predicted molar refractivity (Wildman–Crippen MR) is 132 cm³/mol. The number of ketones is 1. The number of halogens is 1. The molecule has 1 heterocycles. The fourth-order valence-corrected chi connectivity index (χ4v) is 5.32. The van der Waals surface area contributed by atoms with E-state index in [1.165, 1.54) is 24.9 Å². The van der Waals surface area contributed by atoms with Gasteiger partial charge in [0.15, 0.2) is 5.78 Å². The number of piperidine rings is 1. The van der Waals surface area contributed by atoms with E-state index in [4.69, 9.17) is 21.1 Å². The average Bonchev–Trinajstić information content (AvgIpc) is 2.84. The van der Waals surface area contributed by atoms with Gasteiger partial charge in [0.2, 0.25) is 0 Å². The Bertz CT molecular complexity index is 1090. The fourth-order valence-electron chi connectivity index (χ4n) is 3.93. The molecule has 2 unspecified atom stereocenters. The highest BCUT2D eigenvalue weighted by atomic mass is 35.5. The number of nitrogens with zero attached hydrogens (tertiary/aromatic N) is 1. The summed E-state index contributed by atoms with van der Waals surface area (Å²) in [4.78, 5) is 38.8. The third-order valence-electron chi connectivity index (χ3n) is 5.58. The maximum Gasteiger partial charge on any atom is 0.328 e. The number of Topliss-reactive ketones (excluding diaryl/α,β-unsaturated/α-hetero) is 1. The summed E-state index contributed by atoms with van der Waals surface area (Å²) in [5.41, 5.74) is 1.77. The number of carbonyl (C=O) groups is 3. The molecule has 1 N–H and O–H groups in total. The van der Waals surface area contributed by atoms with Crippen molar-refractivity contribution in [2.75, 3.05) is 33.1 Å². The van der Waals surface area contributed by atoms with Crippen molar-refractivity contribution in [2.45, 2.75) is 17.7 Å². The summed E-state index contributed by atoms with van der Waals surface area (Å²) in [6.45, 7) is 0.745. The highest BCUT2D eigenvalue weighted by Crippen LogP contribution is 2.35. The molecular weight excluding hydrogens is 478 g/mol. The number of rotatable bonds is 9. The van der Waals surface area contributed by atoms with Crippen LogP contribution in [0.25, 0.3) is 0 Å². The lowest BCUT2D eigenvalue weighted by atomic mass is 9.98. The van der Waals surface area contributed by atoms with Gasteiger partial charge >= 0.3 is 11.9 Å². The molecule has 3 rings (SSSR count). The Morgan fingerprint density at radius 3 is 2.65 bits per heavy atom. The Labute approximate surface area is 207 Å². The fraction of sp³-hybridized carbons (Fsp3) is 0.320. The topological polar surface area (TPSA) is 93.1 Å². The zero-order valence-electron chi connectivity index (χ0n) is 18.9. The molecule has 9 heteroatoms. The average molecular weight is 504 g/mol. The first-order chi connectivity index (χ1) is 16.3. The predicted octanol–water partition coefficient (Wildman–Crippen LogP) is 4.26. The molecule has 0 bridgehead atoms. The summed E-state index contributed by atoms with van der Waals surface area (Å²) in [7, 11) is 2.85. The van der Waals surface area contributed by atoms with Crippen molar-refractivity contribution >= 4 is 41.1 Å². The number of esters is 1. The number of methoxy groups -OCH3 is 2. The van der Waals surface area contributed by atoms with Gasteiger partial charge in [-0.05, 0) is 35.8 Å². The minimum Gasteiger partial charge on any atom is -0.497 e. The monoisotopic (exact) mass is 503 g/mol. The zero-order chi connectivity index (χ0) is 24.7. The van der Waals surface area contributed by atoms with Gasteiger partial charge in [-0.3, -0.25) is 9.69 Å². The number of hydrogen-bond donors (Lipinski definition) is 1. The van der Waals surface area contributed by atoms with Crippen LogP contribution in [0.3, 0.4) is 0 Å². The molecule has 2 aromatic rings. The van der Waals surface area contributed by atoms with Gasteiger partial charge in [-0.1, -0.05) is 41.9 Å². The van der Waals surface area contributed by atoms with Crippen LogP contribution in [0.4, 0.5) is 0 Å². The lowest BCUT2D eigenvalue weighted by Gasteiger charge is -2.38. The number of likely N-dealkylation sites (tertiary alicyclic amines) is 1. The summed E-state index contributed by atoms with van der Waals surface area (Å²) >= 11 is 7.76. The van der Waals surface area contributed by atoms with Gasteiger partial charge in [-0.15, -0.1) is 11.8 Å². The molecule has 1 saturated heterocycles. The molecular formula is C25H26ClNO6S. The van der Waals surface area contributed by atoms with Crippen molar-refractivity contribution in [1.82, 2.24) is 4.90 Å². The molecule has 0 spiro atoms. The molecule has 0 aromatic heterocycles. The number of hydrogen-bond acceptors (Lipinski definition) is 7. The number of benzene rings is 2. The normalized spacial score (nSPS) is 18.3. The number of ether oxygens (including phenoxy) is 2. The summed E-state index contributed by atoms with van der Waals surface area (Å²) in [6.07, 6.45) is 1.73. The molecule has 1 fully saturated rings. The van der Waals surface area contributed by atoms with Crippen LogP contribution in [-0.2, 0) is 14.3 Å². The highest BCUT2D eigenvalue weighted by molar-refractivity contribution is 8.00. The van der Waals surface area contributed by atoms with Crippen molar-refractivity contribution in [2.24, 2.45) is 0 Å². The van der Waals surface area contributed by atoms with Gasteiger partial charge in [-0.2, -0.15) is 0 Å². The molecule has 1 aliphatic heterocycles. The summed E-state index contributed by atoms with van der Waals surface area (Å²) in [5.74, 6) is -0.815. The van der Waals surface area contributed by atoms with E-state index in [0.717, 1.165) is 0 Å². The van der Waals surface area contributed by atoms with Crippen LogP contribution in [0.5, 0.6) is 5.75 Å². The summed E-state index contributed by atoms with van der Waals surface area (Å²) < 4.78 is 10.2. The first-order valence-corrected chi connectivity index (χ1v) is 12.0. The molecule has 180 valence electrons. The number of carboxylic acid groups (broad SMARTS) is 1. The lowest BCUT2D eigenvalue weighted by molar-refractivity contribution is -0.147. The van der Waals surface area contributed by atoms with Crippen LogP contribution in [0.1, 0.15) is 28.4 Å². The smallest absolute Gasteiger partial charge is 0.328 e. The van der Waals surface area contributed by atoms with E-state index in [1.807, 2.05) is 4.90 Å². The number of carboxylic acids is 1. The summed E-state index contributed by atoms with van der Waals surface area (Å²) in [6, 6.07) is 13.2. The van der Waals surface area contributed by atoms with Gasteiger partial charge in [-0.25, -0.2) is 9.59 Å². The second kappa shape index (κ2) is 12.1. The van der Waals surface area contributed by atoms with Crippen molar-refractivity contribution in [3.63, 3.8) is 0 Å². The van der Waals surface area contributed by atoms with E-state index in [2.05, 4.69) is 0 Å². The number of carbonyl (C=O) groups excluding carboxylic acids is 2. The minimum atomic E-state index is -1.08. The van der Waals surface area contributed by atoms with Gasteiger partial charge in [0, 0.05) is 35.0 Å². The first kappa shape index (κ1) is 25.8. The third-order valence-corrected chi connectivity index (χ3v) is 7.30. The van der Waals surface area contributed by atoms with Crippen molar-refractivity contribution < 1.29 is 29.0 Å². The molecule has 2 atom stereocenters. The third kappa shape index (κ3) is 6.40. The van der Waals surface area contributed by atoms with E-state index in [9.17, 15) is 19.5 Å².